The van der Waals surface area contributed by atoms with E-state index in [4.69, 9.17) is 0 Å². The molecule has 0 unspecified atom stereocenters. The molecule has 0 aliphatic carbocycles. The molecule has 0 saturated carbocycles. The van der Waals surface area contributed by atoms with Gasteiger partial charge < -0.3 is 4.40 Å². The van der Waals surface area contributed by atoms with Crippen molar-refractivity contribution in [1.29, 1.82) is 0 Å². The Morgan fingerprint density at radius 1 is 0.486 bits per heavy atom. The number of thiophene rings is 2. The first kappa shape index (κ1) is 18.4. The van der Waals surface area contributed by atoms with Crippen LogP contribution in [-0.4, -0.2) is 4.40 Å². The highest BCUT2D eigenvalue weighted by atomic mass is 32.1. The van der Waals surface area contributed by atoms with Gasteiger partial charge in [-0.15, -0.1) is 22.7 Å². The van der Waals surface area contributed by atoms with E-state index in [1.54, 1.807) is 0 Å². The summed E-state index contributed by atoms with van der Waals surface area (Å²) in [6.45, 7) is 0. The standard InChI is InChI=1S/C32H17NS2/c1-2-8-19-18(7-1)17-33-26-14-13-22-20-9-3-6-12-28(20)35-32(22)30(26)24-16-29-23(15-25(24)31(19)33)21-10-4-5-11-27(21)34-29/h1-17H. The van der Waals surface area contributed by atoms with Gasteiger partial charge in [-0.1, -0.05) is 66.7 Å². The number of nitrogens with zero attached hydrogens (tertiary/aromatic N) is 1. The van der Waals surface area contributed by atoms with E-state index in [9.17, 15) is 0 Å². The molecule has 0 aliphatic heterocycles. The van der Waals surface area contributed by atoms with E-state index < -0.39 is 0 Å². The molecule has 0 N–H and O–H groups in total. The number of hydrogen-bond donors (Lipinski definition) is 0. The number of hydrogen-bond acceptors (Lipinski definition) is 2. The van der Waals surface area contributed by atoms with Gasteiger partial charge in [0, 0.05) is 68.1 Å². The third-order valence-corrected chi connectivity index (χ3v) is 9.89. The maximum Gasteiger partial charge on any atom is 0.0613 e. The molecule has 162 valence electrons. The Morgan fingerprint density at radius 2 is 1.20 bits per heavy atom. The van der Waals surface area contributed by atoms with E-state index >= 15 is 0 Å². The van der Waals surface area contributed by atoms with E-state index in [1.165, 1.54) is 78.3 Å². The summed E-state index contributed by atoms with van der Waals surface area (Å²) in [5.74, 6) is 0. The lowest BCUT2D eigenvalue weighted by molar-refractivity contribution is 1.30. The third-order valence-electron chi connectivity index (χ3n) is 7.55. The second-order valence-corrected chi connectivity index (χ2v) is 11.5. The first-order valence-electron chi connectivity index (χ1n) is 11.9. The number of fused-ring (bicyclic) bond motifs is 15. The quantitative estimate of drug-likeness (QED) is 0.191. The lowest BCUT2D eigenvalue weighted by atomic mass is 9.99. The zero-order valence-electron chi connectivity index (χ0n) is 18.6. The van der Waals surface area contributed by atoms with Crippen LogP contribution in [0.2, 0.25) is 0 Å². The first-order chi connectivity index (χ1) is 17.3. The van der Waals surface area contributed by atoms with Crippen LogP contribution in [0.3, 0.4) is 0 Å². The zero-order valence-corrected chi connectivity index (χ0v) is 20.2. The number of aromatic nitrogens is 1. The molecule has 5 aromatic carbocycles. The van der Waals surface area contributed by atoms with E-state index in [2.05, 4.69) is 108 Å². The number of pyridine rings is 1. The molecule has 0 atom stereocenters. The topological polar surface area (TPSA) is 4.41 Å². The molecule has 0 fully saturated rings. The van der Waals surface area contributed by atoms with Gasteiger partial charge in [-0.25, -0.2) is 0 Å². The Morgan fingerprint density at radius 3 is 2.06 bits per heavy atom. The smallest absolute Gasteiger partial charge is 0.0613 e. The predicted octanol–water partition coefficient (Wildman–Crippen LogP) is 10.1. The summed E-state index contributed by atoms with van der Waals surface area (Å²) in [7, 11) is 0. The number of rotatable bonds is 0. The second kappa shape index (κ2) is 6.39. The predicted molar refractivity (Wildman–Crippen MR) is 156 cm³/mol. The molecular formula is C32H17NS2. The summed E-state index contributed by atoms with van der Waals surface area (Å²) in [6.07, 6.45) is 2.32. The summed E-state index contributed by atoms with van der Waals surface area (Å²) in [5, 5.41) is 12.1. The van der Waals surface area contributed by atoms with Crippen molar-refractivity contribution < 1.29 is 0 Å². The molecule has 0 bridgehead atoms. The van der Waals surface area contributed by atoms with Crippen LogP contribution < -0.4 is 0 Å². The van der Waals surface area contributed by atoms with Crippen molar-refractivity contribution in [2.75, 3.05) is 0 Å². The van der Waals surface area contributed by atoms with Crippen molar-refractivity contribution in [3.05, 3.63) is 103 Å². The van der Waals surface area contributed by atoms with Crippen LogP contribution >= 0.6 is 22.7 Å². The van der Waals surface area contributed by atoms with Crippen LogP contribution in [0.5, 0.6) is 0 Å². The van der Waals surface area contributed by atoms with Crippen molar-refractivity contribution >= 4 is 101 Å². The monoisotopic (exact) mass is 479 g/mol. The summed E-state index contributed by atoms with van der Waals surface area (Å²) < 4.78 is 7.88. The van der Waals surface area contributed by atoms with Crippen LogP contribution in [-0.2, 0) is 0 Å². The second-order valence-electron chi connectivity index (χ2n) is 9.36. The maximum absolute atomic E-state index is 2.46. The highest BCUT2D eigenvalue weighted by Gasteiger charge is 2.18. The summed E-state index contributed by atoms with van der Waals surface area (Å²) in [5.41, 5.74) is 2.59. The Bertz CT molecular complexity index is 2330. The van der Waals surface area contributed by atoms with Crippen LogP contribution in [0, 0.1) is 0 Å². The van der Waals surface area contributed by atoms with E-state index in [-0.39, 0.29) is 0 Å². The molecule has 0 spiro atoms. The van der Waals surface area contributed by atoms with Gasteiger partial charge in [0.15, 0.2) is 0 Å². The molecule has 4 aromatic heterocycles. The van der Waals surface area contributed by atoms with Crippen molar-refractivity contribution in [2.24, 2.45) is 0 Å². The van der Waals surface area contributed by atoms with Gasteiger partial charge in [-0.2, -0.15) is 0 Å². The van der Waals surface area contributed by atoms with Gasteiger partial charge >= 0.3 is 0 Å². The van der Waals surface area contributed by atoms with E-state index in [1.807, 2.05) is 22.7 Å². The zero-order chi connectivity index (χ0) is 22.7. The molecule has 3 heteroatoms. The molecule has 0 saturated heterocycles. The molecule has 0 radical (unpaired) electrons. The average molecular weight is 480 g/mol. The molecule has 1 nitrogen and oxygen atoms in total. The molecule has 9 aromatic rings. The van der Waals surface area contributed by atoms with Gasteiger partial charge in [0.25, 0.3) is 0 Å². The molecule has 35 heavy (non-hydrogen) atoms. The summed E-state index contributed by atoms with van der Waals surface area (Å²) in [6, 6.07) is 36.0. The molecule has 4 heterocycles. The van der Waals surface area contributed by atoms with Gasteiger partial charge in [0.05, 0.1) is 11.0 Å². The minimum absolute atomic E-state index is 1.28. The molecule has 0 aliphatic rings. The Labute approximate surface area is 208 Å². The Hall–Kier alpha value is -3.92. The number of benzene rings is 5. The fourth-order valence-corrected chi connectivity index (χ4v) is 8.42. The van der Waals surface area contributed by atoms with Crippen molar-refractivity contribution in [2.45, 2.75) is 0 Å². The third kappa shape index (κ3) is 2.28. The SMILES string of the molecule is c1ccc2c(c1)cn1c3ccc4c5ccccc5sc4c3c3cc4sc5ccccc5c4cc3c21. The highest BCUT2D eigenvalue weighted by Crippen LogP contribution is 2.46. The van der Waals surface area contributed by atoms with E-state index in [0.29, 0.717) is 0 Å². The Kier molecular flexibility index (Phi) is 3.36. The first-order valence-corrected chi connectivity index (χ1v) is 13.5. The average Bonchev–Trinajstić information content (AvgIpc) is 3.58. The lowest BCUT2D eigenvalue weighted by Gasteiger charge is -2.11. The molecule has 0 amide bonds. The normalized spacial score (nSPS) is 12.6. The van der Waals surface area contributed by atoms with Crippen LogP contribution in [0.25, 0.3) is 78.3 Å². The largest absolute Gasteiger partial charge is 0.315 e. The van der Waals surface area contributed by atoms with Gasteiger partial charge in [0.2, 0.25) is 0 Å². The van der Waals surface area contributed by atoms with Crippen molar-refractivity contribution in [3.8, 4) is 0 Å². The van der Waals surface area contributed by atoms with Crippen LogP contribution in [0.15, 0.2) is 103 Å². The lowest BCUT2D eigenvalue weighted by Crippen LogP contribution is -1.90. The van der Waals surface area contributed by atoms with Crippen LogP contribution in [0.4, 0.5) is 0 Å². The molecular weight excluding hydrogens is 462 g/mol. The summed E-state index contributed by atoms with van der Waals surface area (Å²) >= 11 is 3.83. The van der Waals surface area contributed by atoms with E-state index in [0.717, 1.165) is 0 Å². The molecule has 9 rings (SSSR count). The highest BCUT2D eigenvalue weighted by molar-refractivity contribution is 7.27. The summed E-state index contributed by atoms with van der Waals surface area (Å²) in [4.78, 5) is 0. The van der Waals surface area contributed by atoms with Crippen LogP contribution in [0.1, 0.15) is 0 Å². The fraction of sp³-hybridized carbons (Fsp3) is 0. The van der Waals surface area contributed by atoms with Gasteiger partial charge in [-0.05, 0) is 35.7 Å². The van der Waals surface area contributed by atoms with Crippen molar-refractivity contribution in [3.63, 3.8) is 0 Å². The fourth-order valence-electron chi connectivity index (χ4n) is 6.04. The van der Waals surface area contributed by atoms with Crippen molar-refractivity contribution in [1.82, 2.24) is 4.40 Å². The minimum atomic E-state index is 1.28. The van der Waals surface area contributed by atoms with Gasteiger partial charge in [-0.3, -0.25) is 0 Å². The Balaban J connectivity index is 1.64. The maximum atomic E-state index is 2.46. The minimum Gasteiger partial charge on any atom is -0.315 e. The van der Waals surface area contributed by atoms with Gasteiger partial charge in [0.1, 0.15) is 0 Å².